The van der Waals surface area contributed by atoms with Gasteiger partial charge in [-0.25, -0.2) is 4.39 Å². The highest BCUT2D eigenvalue weighted by atomic mass is 35.5. The zero-order valence-electron chi connectivity index (χ0n) is 10.5. The molecule has 0 bridgehead atoms. The van der Waals surface area contributed by atoms with Crippen LogP contribution in [0.4, 0.5) is 10.1 Å². The van der Waals surface area contributed by atoms with E-state index in [1.165, 1.54) is 12.1 Å². The molecule has 0 aromatic heterocycles. The van der Waals surface area contributed by atoms with Crippen molar-refractivity contribution >= 4 is 17.3 Å². The molecule has 2 aromatic carbocycles. The maximum Gasteiger partial charge on any atom is 0.124 e. The van der Waals surface area contributed by atoms with E-state index in [0.29, 0.717) is 16.3 Å². The minimum absolute atomic E-state index is 0.202. The van der Waals surface area contributed by atoms with E-state index in [1.54, 1.807) is 24.3 Å². The number of halogens is 2. The van der Waals surface area contributed by atoms with Crippen molar-refractivity contribution in [3.8, 4) is 6.07 Å². The molecule has 0 spiro atoms. The van der Waals surface area contributed by atoms with Crippen LogP contribution in [-0.4, -0.2) is 11.7 Å². The van der Waals surface area contributed by atoms with Crippen molar-refractivity contribution in [3.05, 3.63) is 64.4 Å². The largest absolute Gasteiger partial charge is 0.387 e. The summed E-state index contributed by atoms with van der Waals surface area (Å²) in [4.78, 5) is 0. The summed E-state index contributed by atoms with van der Waals surface area (Å²) in [5, 5.41) is 22.5. The Balaban J connectivity index is 2.05. The van der Waals surface area contributed by atoms with Crippen LogP contribution >= 0.6 is 11.6 Å². The Morgan fingerprint density at radius 2 is 1.95 bits per heavy atom. The van der Waals surface area contributed by atoms with Gasteiger partial charge in [-0.1, -0.05) is 23.7 Å². The van der Waals surface area contributed by atoms with Crippen LogP contribution in [0.15, 0.2) is 42.5 Å². The summed E-state index contributed by atoms with van der Waals surface area (Å²) in [6.07, 6.45) is -0.746. The van der Waals surface area contributed by atoms with Gasteiger partial charge >= 0.3 is 0 Å². The molecule has 2 aromatic rings. The van der Waals surface area contributed by atoms with E-state index < -0.39 is 11.9 Å². The normalized spacial score (nSPS) is 11.7. The molecule has 20 heavy (non-hydrogen) atoms. The predicted molar refractivity (Wildman–Crippen MR) is 76.0 cm³/mol. The van der Waals surface area contributed by atoms with E-state index in [0.717, 1.165) is 6.07 Å². The molecular formula is C15H12ClFN2O. The summed E-state index contributed by atoms with van der Waals surface area (Å²) in [5.74, 6) is -0.467. The minimum Gasteiger partial charge on any atom is -0.387 e. The summed E-state index contributed by atoms with van der Waals surface area (Å²) in [6, 6.07) is 12.6. The molecule has 0 aliphatic carbocycles. The number of hydrogen-bond donors (Lipinski definition) is 2. The lowest BCUT2D eigenvalue weighted by Gasteiger charge is -2.14. The highest BCUT2D eigenvalue weighted by Gasteiger charge is 2.09. The predicted octanol–water partition coefficient (Wildman–Crippen LogP) is 3.50. The summed E-state index contributed by atoms with van der Waals surface area (Å²) in [7, 11) is 0. The lowest BCUT2D eigenvalue weighted by atomic mass is 10.1. The molecule has 0 radical (unpaired) electrons. The summed E-state index contributed by atoms with van der Waals surface area (Å²) in [5.41, 5.74) is 1.40. The highest BCUT2D eigenvalue weighted by Crippen LogP contribution is 2.20. The molecule has 0 aliphatic rings. The fourth-order valence-corrected chi connectivity index (χ4v) is 1.90. The zero-order valence-corrected chi connectivity index (χ0v) is 11.2. The summed E-state index contributed by atoms with van der Waals surface area (Å²) < 4.78 is 13.0. The number of hydrogen-bond acceptors (Lipinski definition) is 3. The van der Waals surface area contributed by atoms with Gasteiger partial charge in [0.1, 0.15) is 11.9 Å². The molecule has 1 atom stereocenters. The molecule has 0 aliphatic heterocycles. The van der Waals surface area contributed by atoms with Crippen molar-refractivity contribution < 1.29 is 9.50 Å². The van der Waals surface area contributed by atoms with E-state index in [4.69, 9.17) is 16.9 Å². The average molecular weight is 291 g/mol. The van der Waals surface area contributed by atoms with Gasteiger partial charge in [0.05, 0.1) is 17.4 Å². The number of rotatable bonds is 4. The van der Waals surface area contributed by atoms with Crippen molar-refractivity contribution in [2.75, 3.05) is 11.9 Å². The Kier molecular flexibility index (Phi) is 4.57. The van der Waals surface area contributed by atoms with Crippen molar-refractivity contribution in [3.63, 3.8) is 0 Å². The van der Waals surface area contributed by atoms with Gasteiger partial charge in [0.15, 0.2) is 0 Å². The molecule has 0 heterocycles. The average Bonchev–Trinajstić information content (AvgIpc) is 2.46. The first kappa shape index (κ1) is 14.3. The Labute approximate surface area is 121 Å². The second-order valence-corrected chi connectivity index (χ2v) is 4.69. The van der Waals surface area contributed by atoms with E-state index in [1.807, 2.05) is 6.07 Å². The van der Waals surface area contributed by atoms with Crippen LogP contribution < -0.4 is 5.32 Å². The van der Waals surface area contributed by atoms with Gasteiger partial charge in [-0.3, -0.25) is 0 Å². The molecule has 0 saturated carbocycles. The third-order valence-electron chi connectivity index (χ3n) is 2.84. The number of aliphatic hydroxyl groups is 1. The first-order valence-electron chi connectivity index (χ1n) is 5.97. The van der Waals surface area contributed by atoms with Crippen LogP contribution in [0.1, 0.15) is 17.2 Å². The van der Waals surface area contributed by atoms with Crippen LogP contribution in [0.2, 0.25) is 5.02 Å². The molecule has 0 amide bonds. The quantitative estimate of drug-likeness (QED) is 0.906. The molecule has 0 fully saturated rings. The van der Waals surface area contributed by atoms with E-state index >= 15 is 0 Å². The van der Waals surface area contributed by atoms with E-state index in [2.05, 4.69) is 5.32 Å². The molecule has 5 heteroatoms. The van der Waals surface area contributed by atoms with E-state index in [-0.39, 0.29) is 12.1 Å². The monoisotopic (exact) mass is 290 g/mol. The lowest BCUT2D eigenvalue weighted by molar-refractivity contribution is 0.191. The van der Waals surface area contributed by atoms with Gasteiger partial charge < -0.3 is 10.4 Å². The van der Waals surface area contributed by atoms with Crippen LogP contribution in [0, 0.1) is 17.1 Å². The maximum atomic E-state index is 13.0. The first-order chi connectivity index (χ1) is 9.60. The molecule has 102 valence electrons. The minimum atomic E-state index is -0.746. The third-order valence-corrected chi connectivity index (χ3v) is 3.09. The van der Waals surface area contributed by atoms with Crippen molar-refractivity contribution in [1.82, 2.24) is 0 Å². The van der Waals surface area contributed by atoms with Gasteiger partial charge in [-0.2, -0.15) is 5.26 Å². The van der Waals surface area contributed by atoms with Gasteiger partial charge in [0, 0.05) is 11.6 Å². The molecule has 3 nitrogen and oxygen atoms in total. The maximum absolute atomic E-state index is 13.0. The number of anilines is 1. The third kappa shape index (κ3) is 3.47. The van der Waals surface area contributed by atoms with Crippen molar-refractivity contribution in [2.45, 2.75) is 6.10 Å². The Morgan fingerprint density at radius 3 is 2.60 bits per heavy atom. The zero-order chi connectivity index (χ0) is 14.5. The van der Waals surface area contributed by atoms with Gasteiger partial charge in [0.25, 0.3) is 0 Å². The molecule has 1 unspecified atom stereocenters. The standard InChI is InChI=1S/C15H12ClFN2O/c16-12-3-1-10(2-4-12)15(20)9-19-14-6-5-13(17)7-11(14)8-18/h1-7,15,19-20H,9H2. The fourth-order valence-electron chi connectivity index (χ4n) is 1.77. The van der Waals surface area contributed by atoms with Gasteiger partial charge in [0.2, 0.25) is 0 Å². The van der Waals surface area contributed by atoms with Gasteiger partial charge in [-0.05, 0) is 35.9 Å². The van der Waals surface area contributed by atoms with E-state index in [9.17, 15) is 9.50 Å². The molecule has 2 rings (SSSR count). The topological polar surface area (TPSA) is 56.0 Å². The molecular weight excluding hydrogens is 279 g/mol. The van der Waals surface area contributed by atoms with Gasteiger partial charge in [-0.15, -0.1) is 0 Å². The second-order valence-electron chi connectivity index (χ2n) is 4.25. The summed E-state index contributed by atoms with van der Waals surface area (Å²) >= 11 is 5.77. The number of nitriles is 1. The Hall–Kier alpha value is -2.09. The molecule has 2 N–H and O–H groups in total. The first-order valence-corrected chi connectivity index (χ1v) is 6.35. The van der Waals surface area contributed by atoms with Crippen LogP contribution in [0.25, 0.3) is 0 Å². The smallest absolute Gasteiger partial charge is 0.124 e. The van der Waals surface area contributed by atoms with Crippen molar-refractivity contribution in [2.24, 2.45) is 0 Å². The number of nitrogens with one attached hydrogen (secondary N) is 1. The molecule has 0 saturated heterocycles. The lowest BCUT2D eigenvalue weighted by Crippen LogP contribution is -2.12. The van der Waals surface area contributed by atoms with Crippen LogP contribution in [-0.2, 0) is 0 Å². The second kappa shape index (κ2) is 6.38. The van der Waals surface area contributed by atoms with Crippen LogP contribution in [0.5, 0.6) is 0 Å². The Bertz CT molecular complexity index is 637. The summed E-state index contributed by atoms with van der Waals surface area (Å²) in [6.45, 7) is 0.210. The SMILES string of the molecule is N#Cc1cc(F)ccc1NCC(O)c1ccc(Cl)cc1. The van der Waals surface area contributed by atoms with Crippen molar-refractivity contribution in [1.29, 1.82) is 5.26 Å². The fraction of sp³-hybridized carbons (Fsp3) is 0.133. The number of aliphatic hydroxyl groups excluding tert-OH is 1. The number of nitrogens with zero attached hydrogens (tertiary/aromatic N) is 1. The number of benzene rings is 2. The Morgan fingerprint density at radius 1 is 1.25 bits per heavy atom. The van der Waals surface area contributed by atoms with Crippen LogP contribution in [0.3, 0.4) is 0 Å². The highest BCUT2D eigenvalue weighted by molar-refractivity contribution is 6.30.